The monoisotopic (exact) mass is 278 g/mol. The van der Waals surface area contributed by atoms with Gasteiger partial charge in [-0.1, -0.05) is 6.07 Å². The Labute approximate surface area is 119 Å². The van der Waals surface area contributed by atoms with Crippen molar-refractivity contribution in [2.45, 2.75) is 25.9 Å². The number of methoxy groups -OCH3 is 1. The number of nitrogens with zero attached hydrogens (tertiary/aromatic N) is 1. The van der Waals surface area contributed by atoms with Crippen LogP contribution in [0.25, 0.3) is 0 Å². The number of carbonyl (C=O) groups is 1. The third-order valence-corrected chi connectivity index (χ3v) is 3.57. The van der Waals surface area contributed by atoms with E-state index in [2.05, 4.69) is 5.32 Å². The molecule has 1 aliphatic rings. The van der Waals surface area contributed by atoms with Gasteiger partial charge in [0.25, 0.3) is 0 Å². The summed E-state index contributed by atoms with van der Waals surface area (Å²) in [5.74, 6) is 0.985. The van der Waals surface area contributed by atoms with Crippen LogP contribution < -0.4 is 10.1 Å². The molecule has 1 saturated carbocycles. The summed E-state index contributed by atoms with van der Waals surface area (Å²) >= 11 is 0. The first-order valence-corrected chi connectivity index (χ1v) is 6.86. The number of benzene rings is 1. The number of rotatable bonds is 5. The predicted molar refractivity (Wildman–Crippen MR) is 78.1 cm³/mol. The number of urea groups is 1. The van der Waals surface area contributed by atoms with Crippen molar-refractivity contribution >= 4 is 11.7 Å². The van der Waals surface area contributed by atoms with Gasteiger partial charge in [0.15, 0.2) is 0 Å². The fraction of sp³-hybridized carbons (Fsp3) is 0.533. The summed E-state index contributed by atoms with van der Waals surface area (Å²) in [5, 5.41) is 12.7. The molecule has 2 rings (SSSR count). The standard InChI is InChI=1S/C15H22N2O3/c1-10-4-7-14(20-3)12(8-10)16-15(19)17(2)9-13(18)11-5-6-11/h4,7-8,11,13,18H,5-6,9H2,1-3H3,(H,16,19). The van der Waals surface area contributed by atoms with Gasteiger partial charge in [-0.05, 0) is 43.4 Å². The molecule has 0 bridgehead atoms. The van der Waals surface area contributed by atoms with E-state index in [9.17, 15) is 9.90 Å². The van der Waals surface area contributed by atoms with Crippen molar-refractivity contribution in [1.82, 2.24) is 4.90 Å². The van der Waals surface area contributed by atoms with Crippen molar-refractivity contribution < 1.29 is 14.6 Å². The molecule has 5 nitrogen and oxygen atoms in total. The number of hydrogen-bond donors (Lipinski definition) is 2. The first kappa shape index (κ1) is 14.7. The lowest BCUT2D eigenvalue weighted by Gasteiger charge is -2.22. The lowest BCUT2D eigenvalue weighted by atomic mass is 10.2. The number of amides is 2. The Balaban J connectivity index is 1.97. The molecular formula is C15H22N2O3. The molecule has 1 aliphatic carbocycles. The number of likely N-dealkylation sites (N-methyl/N-ethyl adjacent to an activating group) is 1. The van der Waals surface area contributed by atoms with Crippen molar-refractivity contribution in [2.75, 3.05) is 26.0 Å². The van der Waals surface area contributed by atoms with Gasteiger partial charge < -0.3 is 20.1 Å². The molecule has 0 aromatic heterocycles. The quantitative estimate of drug-likeness (QED) is 0.868. The normalized spacial score (nSPS) is 15.6. The second kappa shape index (κ2) is 6.13. The maximum atomic E-state index is 12.1. The first-order chi connectivity index (χ1) is 9.51. The minimum atomic E-state index is -0.426. The number of nitrogens with one attached hydrogen (secondary N) is 1. The smallest absolute Gasteiger partial charge is 0.321 e. The molecule has 1 aromatic carbocycles. The van der Waals surface area contributed by atoms with Gasteiger partial charge in [0.1, 0.15) is 5.75 Å². The van der Waals surface area contributed by atoms with Gasteiger partial charge in [-0.15, -0.1) is 0 Å². The summed E-state index contributed by atoms with van der Waals surface area (Å²) in [6.45, 7) is 2.31. The van der Waals surface area contributed by atoms with Crippen LogP contribution >= 0.6 is 0 Å². The third kappa shape index (κ3) is 3.63. The molecule has 20 heavy (non-hydrogen) atoms. The van der Waals surface area contributed by atoms with Crippen molar-refractivity contribution in [3.05, 3.63) is 23.8 Å². The Morgan fingerprint density at radius 3 is 2.85 bits per heavy atom. The van der Waals surface area contributed by atoms with E-state index in [0.717, 1.165) is 18.4 Å². The highest BCUT2D eigenvalue weighted by molar-refractivity contribution is 5.91. The average Bonchev–Trinajstić information content (AvgIpc) is 3.23. The molecule has 1 unspecified atom stereocenters. The number of aliphatic hydroxyl groups is 1. The Kier molecular flexibility index (Phi) is 4.49. The van der Waals surface area contributed by atoms with Gasteiger partial charge in [0.2, 0.25) is 0 Å². The fourth-order valence-corrected chi connectivity index (χ4v) is 2.12. The van der Waals surface area contributed by atoms with Crippen LogP contribution in [-0.4, -0.2) is 42.8 Å². The summed E-state index contributed by atoms with van der Waals surface area (Å²) in [6, 6.07) is 5.37. The summed E-state index contributed by atoms with van der Waals surface area (Å²) in [4.78, 5) is 13.6. The van der Waals surface area contributed by atoms with Crippen LogP contribution in [0, 0.1) is 12.8 Å². The number of aliphatic hydroxyl groups excluding tert-OH is 1. The number of carbonyl (C=O) groups excluding carboxylic acids is 1. The van der Waals surface area contributed by atoms with Crippen molar-refractivity contribution in [3.8, 4) is 5.75 Å². The van der Waals surface area contributed by atoms with Gasteiger partial charge in [-0.25, -0.2) is 4.79 Å². The zero-order chi connectivity index (χ0) is 14.7. The predicted octanol–water partition coefficient (Wildman–Crippen LogP) is 2.24. The van der Waals surface area contributed by atoms with E-state index in [1.54, 1.807) is 14.2 Å². The van der Waals surface area contributed by atoms with E-state index in [1.165, 1.54) is 4.90 Å². The van der Waals surface area contributed by atoms with Crippen LogP contribution in [0.3, 0.4) is 0 Å². The van der Waals surface area contributed by atoms with Gasteiger partial charge in [0, 0.05) is 13.6 Å². The summed E-state index contributed by atoms with van der Waals surface area (Å²) in [7, 11) is 3.25. The van der Waals surface area contributed by atoms with Crippen molar-refractivity contribution in [1.29, 1.82) is 0 Å². The van der Waals surface area contributed by atoms with E-state index in [0.29, 0.717) is 23.9 Å². The summed E-state index contributed by atoms with van der Waals surface area (Å²) in [6.07, 6.45) is 1.69. The molecule has 1 aromatic rings. The molecule has 5 heteroatoms. The zero-order valence-electron chi connectivity index (χ0n) is 12.2. The molecule has 1 atom stereocenters. The highest BCUT2D eigenvalue weighted by Crippen LogP contribution is 2.32. The van der Waals surface area contributed by atoms with E-state index in [1.807, 2.05) is 25.1 Å². The summed E-state index contributed by atoms with van der Waals surface area (Å²) < 4.78 is 5.23. The maximum Gasteiger partial charge on any atom is 0.321 e. The zero-order valence-corrected chi connectivity index (χ0v) is 12.2. The topological polar surface area (TPSA) is 61.8 Å². The van der Waals surface area contributed by atoms with E-state index in [-0.39, 0.29) is 6.03 Å². The number of anilines is 1. The van der Waals surface area contributed by atoms with Crippen LogP contribution in [0.2, 0.25) is 0 Å². The lowest BCUT2D eigenvalue weighted by molar-refractivity contribution is 0.117. The minimum Gasteiger partial charge on any atom is -0.495 e. The highest BCUT2D eigenvalue weighted by Gasteiger charge is 2.31. The van der Waals surface area contributed by atoms with Crippen molar-refractivity contribution in [2.24, 2.45) is 5.92 Å². The molecule has 0 radical (unpaired) electrons. The first-order valence-electron chi connectivity index (χ1n) is 6.86. The largest absolute Gasteiger partial charge is 0.495 e. The second-order valence-corrected chi connectivity index (χ2v) is 5.42. The molecule has 2 N–H and O–H groups in total. The van der Waals surface area contributed by atoms with Gasteiger partial charge >= 0.3 is 6.03 Å². The molecule has 0 heterocycles. The Bertz CT molecular complexity index is 486. The van der Waals surface area contributed by atoms with Crippen LogP contribution in [0.5, 0.6) is 5.75 Å². The highest BCUT2D eigenvalue weighted by atomic mass is 16.5. The molecular weight excluding hydrogens is 256 g/mol. The molecule has 2 amide bonds. The third-order valence-electron chi connectivity index (χ3n) is 3.57. The summed E-state index contributed by atoms with van der Waals surface area (Å²) in [5.41, 5.74) is 1.69. The maximum absolute atomic E-state index is 12.1. The minimum absolute atomic E-state index is 0.242. The molecule has 0 spiro atoms. The molecule has 0 saturated heterocycles. The number of hydrogen-bond acceptors (Lipinski definition) is 3. The van der Waals surface area contributed by atoms with Crippen LogP contribution in [0.15, 0.2) is 18.2 Å². The van der Waals surface area contributed by atoms with E-state index < -0.39 is 6.10 Å². The number of aryl methyl sites for hydroxylation is 1. The van der Waals surface area contributed by atoms with Crippen molar-refractivity contribution in [3.63, 3.8) is 0 Å². The SMILES string of the molecule is COc1ccc(C)cc1NC(=O)N(C)CC(O)C1CC1. The average molecular weight is 278 g/mol. The second-order valence-electron chi connectivity index (χ2n) is 5.42. The van der Waals surface area contributed by atoms with Gasteiger partial charge in [-0.2, -0.15) is 0 Å². The van der Waals surface area contributed by atoms with Gasteiger partial charge in [0.05, 0.1) is 18.9 Å². The Morgan fingerprint density at radius 2 is 2.25 bits per heavy atom. The number of ether oxygens (including phenoxy) is 1. The molecule has 110 valence electrons. The molecule has 0 aliphatic heterocycles. The lowest BCUT2D eigenvalue weighted by Crippen LogP contribution is -2.38. The Hall–Kier alpha value is -1.75. The van der Waals surface area contributed by atoms with E-state index in [4.69, 9.17) is 4.74 Å². The van der Waals surface area contributed by atoms with Gasteiger partial charge in [-0.3, -0.25) is 0 Å². The van der Waals surface area contributed by atoms with E-state index >= 15 is 0 Å². The molecule has 1 fully saturated rings. The van der Waals surface area contributed by atoms with Crippen LogP contribution in [-0.2, 0) is 0 Å². The Morgan fingerprint density at radius 1 is 1.55 bits per heavy atom. The van der Waals surface area contributed by atoms with Crippen LogP contribution in [0.4, 0.5) is 10.5 Å². The fourth-order valence-electron chi connectivity index (χ4n) is 2.12. The van der Waals surface area contributed by atoms with Crippen LogP contribution in [0.1, 0.15) is 18.4 Å².